The van der Waals surface area contributed by atoms with Crippen molar-refractivity contribution in [2.75, 3.05) is 4.72 Å². The second-order valence-corrected chi connectivity index (χ2v) is 7.11. The summed E-state index contributed by atoms with van der Waals surface area (Å²) in [6.45, 7) is 1.38. The number of aromatic nitrogens is 1. The van der Waals surface area contributed by atoms with Crippen molar-refractivity contribution in [2.45, 2.75) is 11.8 Å². The Morgan fingerprint density at radius 3 is 2.47 bits per heavy atom. The molecule has 0 fully saturated rings. The van der Waals surface area contributed by atoms with Gasteiger partial charge in [-0.15, -0.1) is 11.3 Å². The third kappa shape index (κ3) is 3.40. The number of halogens is 1. The highest BCUT2D eigenvalue weighted by Crippen LogP contribution is 2.21. The number of sulfonamides is 1. The summed E-state index contributed by atoms with van der Waals surface area (Å²) < 4.78 is 27.2. The molecule has 1 heterocycles. The van der Waals surface area contributed by atoms with Crippen LogP contribution in [0, 0.1) is 0 Å². The van der Waals surface area contributed by atoms with Crippen LogP contribution in [-0.2, 0) is 10.0 Å². The Hall–Kier alpha value is -1.25. The highest BCUT2D eigenvalue weighted by atomic mass is 79.9. The normalized spacial score (nSPS) is 11.3. The molecule has 0 unspecified atom stereocenters. The Balaban J connectivity index is 2.25. The largest absolute Gasteiger partial charge is 0.293 e. The molecule has 8 heteroatoms. The van der Waals surface area contributed by atoms with Gasteiger partial charge in [0.1, 0.15) is 5.69 Å². The molecular formula is C11H9BrN2O3S2. The fourth-order valence-corrected chi connectivity index (χ4v) is 3.54. The lowest BCUT2D eigenvalue weighted by atomic mass is 10.4. The Morgan fingerprint density at radius 1 is 1.32 bits per heavy atom. The van der Waals surface area contributed by atoms with Gasteiger partial charge in [-0.1, -0.05) is 15.9 Å². The van der Waals surface area contributed by atoms with E-state index in [-0.39, 0.29) is 21.5 Å². The number of anilines is 1. The van der Waals surface area contributed by atoms with Crippen molar-refractivity contribution in [1.29, 1.82) is 0 Å². The number of hydrogen-bond donors (Lipinski definition) is 1. The van der Waals surface area contributed by atoms with Gasteiger partial charge < -0.3 is 0 Å². The maximum atomic E-state index is 12.0. The molecule has 100 valence electrons. The van der Waals surface area contributed by atoms with E-state index in [1.165, 1.54) is 24.4 Å². The van der Waals surface area contributed by atoms with Crippen LogP contribution in [0.25, 0.3) is 0 Å². The maximum Gasteiger partial charge on any atom is 0.263 e. The number of rotatable bonds is 4. The molecule has 19 heavy (non-hydrogen) atoms. The van der Waals surface area contributed by atoms with Crippen LogP contribution >= 0.6 is 27.3 Å². The van der Waals surface area contributed by atoms with Crippen molar-refractivity contribution in [3.8, 4) is 0 Å². The minimum absolute atomic E-state index is 0.135. The SMILES string of the molecule is CC(=O)c1csc(NS(=O)(=O)c2ccc(Br)cc2)n1. The topological polar surface area (TPSA) is 76.1 Å². The summed E-state index contributed by atoms with van der Waals surface area (Å²) in [5.74, 6) is -0.203. The zero-order chi connectivity index (χ0) is 14.0. The number of thiazole rings is 1. The van der Waals surface area contributed by atoms with Gasteiger partial charge in [0.2, 0.25) is 0 Å². The van der Waals surface area contributed by atoms with Gasteiger partial charge >= 0.3 is 0 Å². The van der Waals surface area contributed by atoms with E-state index in [0.29, 0.717) is 0 Å². The number of Topliss-reactive ketones (excluding diaryl/α,β-unsaturated/α-hetero) is 1. The standard InChI is InChI=1S/C11H9BrN2O3S2/c1-7(15)10-6-18-11(13-10)14-19(16,17)9-4-2-8(12)3-5-9/h2-6H,1H3,(H,13,14). The van der Waals surface area contributed by atoms with Crippen molar-refractivity contribution >= 4 is 48.2 Å². The molecule has 0 atom stereocenters. The molecule has 0 spiro atoms. The van der Waals surface area contributed by atoms with Crippen molar-refractivity contribution in [3.05, 3.63) is 39.8 Å². The van der Waals surface area contributed by atoms with Gasteiger partial charge in [0, 0.05) is 16.8 Å². The zero-order valence-corrected chi connectivity index (χ0v) is 13.0. The van der Waals surface area contributed by atoms with E-state index in [4.69, 9.17) is 0 Å². The molecule has 0 aliphatic carbocycles. The second kappa shape index (κ2) is 5.40. The minimum atomic E-state index is -3.68. The first-order valence-electron chi connectivity index (χ1n) is 5.13. The zero-order valence-electron chi connectivity index (χ0n) is 9.75. The quantitative estimate of drug-likeness (QED) is 0.850. The first kappa shape index (κ1) is 14.2. The van der Waals surface area contributed by atoms with Crippen molar-refractivity contribution in [2.24, 2.45) is 0 Å². The van der Waals surface area contributed by atoms with E-state index in [1.807, 2.05) is 0 Å². The summed E-state index contributed by atoms with van der Waals surface area (Å²) in [7, 11) is -3.68. The maximum absolute atomic E-state index is 12.0. The molecule has 1 aromatic heterocycles. The fraction of sp³-hybridized carbons (Fsp3) is 0.0909. The van der Waals surface area contributed by atoms with Crippen LogP contribution in [0.2, 0.25) is 0 Å². The lowest BCUT2D eigenvalue weighted by Gasteiger charge is -2.04. The summed E-state index contributed by atoms with van der Waals surface area (Å²) in [5, 5.41) is 1.69. The van der Waals surface area contributed by atoms with Gasteiger partial charge in [-0.25, -0.2) is 13.4 Å². The summed E-state index contributed by atoms with van der Waals surface area (Å²) in [6.07, 6.45) is 0. The van der Waals surface area contributed by atoms with E-state index in [2.05, 4.69) is 25.6 Å². The highest BCUT2D eigenvalue weighted by molar-refractivity contribution is 9.10. The lowest BCUT2D eigenvalue weighted by Crippen LogP contribution is -2.12. The molecular weight excluding hydrogens is 352 g/mol. The molecule has 0 aliphatic heterocycles. The molecule has 1 aromatic carbocycles. The summed E-state index contributed by atoms with van der Waals surface area (Å²) in [4.78, 5) is 15.1. The van der Waals surface area contributed by atoms with Gasteiger partial charge in [-0.2, -0.15) is 0 Å². The molecule has 2 aromatic rings. The van der Waals surface area contributed by atoms with E-state index in [9.17, 15) is 13.2 Å². The predicted octanol–water partition coefficient (Wildman–Crippen LogP) is 2.91. The molecule has 0 amide bonds. The predicted molar refractivity (Wildman–Crippen MR) is 77.1 cm³/mol. The van der Waals surface area contributed by atoms with E-state index in [1.54, 1.807) is 12.1 Å². The average molecular weight is 361 g/mol. The number of hydrogen-bond acceptors (Lipinski definition) is 5. The molecule has 2 rings (SSSR count). The number of nitrogens with one attached hydrogen (secondary N) is 1. The second-order valence-electron chi connectivity index (χ2n) is 3.65. The fourth-order valence-electron chi connectivity index (χ4n) is 1.27. The van der Waals surface area contributed by atoms with Crippen LogP contribution in [0.4, 0.5) is 5.13 Å². The van der Waals surface area contributed by atoms with E-state index in [0.717, 1.165) is 15.8 Å². The van der Waals surface area contributed by atoms with Crippen molar-refractivity contribution in [3.63, 3.8) is 0 Å². The Morgan fingerprint density at radius 2 is 1.95 bits per heavy atom. The monoisotopic (exact) mass is 360 g/mol. The molecule has 0 aliphatic rings. The number of benzene rings is 1. The van der Waals surface area contributed by atoms with E-state index < -0.39 is 10.0 Å². The molecule has 0 bridgehead atoms. The van der Waals surface area contributed by atoms with Gasteiger partial charge in [0.15, 0.2) is 10.9 Å². The third-order valence-electron chi connectivity index (χ3n) is 2.21. The smallest absolute Gasteiger partial charge is 0.263 e. The van der Waals surface area contributed by atoms with Gasteiger partial charge in [-0.3, -0.25) is 9.52 Å². The molecule has 0 saturated carbocycles. The van der Waals surface area contributed by atoms with Crippen molar-refractivity contribution in [1.82, 2.24) is 4.98 Å². The number of nitrogens with zero attached hydrogens (tertiary/aromatic N) is 1. The minimum Gasteiger partial charge on any atom is -0.293 e. The van der Waals surface area contributed by atoms with Crippen LogP contribution < -0.4 is 4.72 Å². The number of carbonyl (C=O) groups excluding carboxylic acids is 1. The van der Waals surface area contributed by atoms with Crippen LogP contribution in [0.3, 0.4) is 0 Å². The molecule has 1 N–H and O–H groups in total. The highest BCUT2D eigenvalue weighted by Gasteiger charge is 2.16. The van der Waals surface area contributed by atoms with Gasteiger partial charge in [0.05, 0.1) is 4.90 Å². The summed E-state index contributed by atoms with van der Waals surface area (Å²) in [6, 6.07) is 6.23. The number of carbonyl (C=O) groups is 1. The molecule has 0 saturated heterocycles. The summed E-state index contributed by atoms with van der Waals surface area (Å²) >= 11 is 4.31. The summed E-state index contributed by atoms with van der Waals surface area (Å²) in [5.41, 5.74) is 0.249. The Kier molecular flexibility index (Phi) is 4.02. The molecule has 5 nitrogen and oxygen atoms in total. The van der Waals surface area contributed by atoms with Gasteiger partial charge in [-0.05, 0) is 24.3 Å². The van der Waals surface area contributed by atoms with Crippen LogP contribution in [0.5, 0.6) is 0 Å². The first-order chi connectivity index (χ1) is 8.88. The molecule has 0 radical (unpaired) electrons. The first-order valence-corrected chi connectivity index (χ1v) is 8.29. The van der Waals surface area contributed by atoms with E-state index >= 15 is 0 Å². The van der Waals surface area contributed by atoms with Crippen LogP contribution in [0.1, 0.15) is 17.4 Å². The Labute approximate surface area is 122 Å². The third-order valence-corrected chi connectivity index (χ3v) is 4.98. The van der Waals surface area contributed by atoms with Crippen molar-refractivity contribution < 1.29 is 13.2 Å². The van der Waals surface area contributed by atoms with Crippen LogP contribution in [0.15, 0.2) is 39.0 Å². The van der Waals surface area contributed by atoms with Crippen LogP contribution in [-0.4, -0.2) is 19.2 Å². The lowest BCUT2D eigenvalue weighted by molar-refractivity contribution is 0.101. The number of ketones is 1. The average Bonchev–Trinajstić information content (AvgIpc) is 2.77. The van der Waals surface area contributed by atoms with Gasteiger partial charge in [0.25, 0.3) is 10.0 Å². The Bertz CT molecular complexity index is 708.